The van der Waals surface area contributed by atoms with E-state index < -0.39 is 0 Å². The molecule has 0 fully saturated rings. The van der Waals surface area contributed by atoms with Gasteiger partial charge in [0, 0.05) is 20.2 Å². The van der Waals surface area contributed by atoms with Gasteiger partial charge in [0.05, 0.1) is 5.02 Å². The Labute approximate surface area is 117 Å². The topological polar surface area (TPSA) is 54.3 Å². The predicted molar refractivity (Wildman–Crippen MR) is 73.3 cm³/mol. The van der Waals surface area contributed by atoms with Gasteiger partial charge in [-0.25, -0.2) is 0 Å². The zero-order valence-corrected chi connectivity index (χ0v) is 12.3. The van der Waals surface area contributed by atoms with E-state index in [2.05, 4.69) is 5.32 Å². The summed E-state index contributed by atoms with van der Waals surface area (Å²) >= 11 is 11.8. The largest absolute Gasteiger partial charge is 0.396 e. The Morgan fingerprint density at radius 3 is 2.56 bits per heavy atom. The molecular formula is C12H18Cl2N2O2. The van der Waals surface area contributed by atoms with Gasteiger partial charge in [0.25, 0.3) is 5.91 Å². The summed E-state index contributed by atoms with van der Waals surface area (Å²) in [6, 6.07) is 1.54. The first-order valence-corrected chi connectivity index (χ1v) is 6.44. The number of aromatic nitrogens is 1. The van der Waals surface area contributed by atoms with E-state index in [1.165, 1.54) is 10.6 Å². The van der Waals surface area contributed by atoms with Crippen molar-refractivity contribution in [3.63, 3.8) is 0 Å². The summed E-state index contributed by atoms with van der Waals surface area (Å²) in [4.78, 5) is 12.0. The zero-order valence-electron chi connectivity index (χ0n) is 10.8. The molecule has 1 aromatic heterocycles. The fourth-order valence-electron chi connectivity index (χ4n) is 1.56. The molecule has 102 valence electrons. The molecule has 0 bridgehead atoms. The average molecular weight is 293 g/mol. The lowest BCUT2D eigenvalue weighted by molar-refractivity contribution is 0.0920. The van der Waals surface area contributed by atoms with Gasteiger partial charge in [0.2, 0.25) is 0 Å². The standard InChI is InChI=1S/C12H18Cl2N2O2/c1-12(2,4-5-17)7-15-11(18)9-6-8(13)10(14)16(9)3/h6,17H,4-5,7H2,1-3H3,(H,15,18). The van der Waals surface area contributed by atoms with Crippen molar-refractivity contribution in [2.24, 2.45) is 12.5 Å². The van der Waals surface area contributed by atoms with Crippen LogP contribution in [0.15, 0.2) is 6.07 Å². The number of carbonyl (C=O) groups is 1. The summed E-state index contributed by atoms with van der Waals surface area (Å²) < 4.78 is 1.54. The average Bonchev–Trinajstić information content (AvgIpc) is 2.54. The van der Waals surface area contributed by atoms with E-state index >= 15 is 0 Å². The van der Waals surface area contributed by atoms with Crippen LogP contribution in [0.4, 0.5) is 0 Å². The minimum absolute atomic E-state index is 0.102. The molecule has 0 atom stereocenters. The molecule has 0 radical (unpaired) electrons. The van der Waals surface area contributed by atoms with Gasteiger partial charge in [-0.1, -0.05) is 37.0 Å². The van der Waals surface area contributed by atoms with Gasteiger partial charge < -0.3 is 15.0 Å². The minimum Gasteiger partial charge on any atom is -0.396 e. The number of halogens is 2. The molecule has 18 heavy (non-hydrogen) atoms. The number of hydrogen-bond donors (Lipinski definition) is 2. The highest BCUT2D eigenvalue weighted by atomic mass is 35.5. The van der Waals surface area contributed by atoms with Gasteiger partial charge in [-0.15, -0.1) is 0 Å². The summed E-state index contributed by atoms with van der Waals surface area (Å²) in [5.74, 6) is -0.225. The molecular weight excluding hydrogens is 275 g/mol. The lowest BCUT2D eigenvalue weighted by atomic mass is 9.90. The lowest BCUT2D eigenvalue weighted by Crippen LogP contribution is -2.35. The zero-order chi connectivity index (χ0) is 13.9. The second kappa shape index (κ2) is 5.95. The highest BCUT2D eigenvalue weighted by Gasteiger charge is 2.20. The Kier molecular flexibility index (Phi) is 5.08. The Morgan fingerprint density at radius 2 is 2.11 bits per heavy atom. The van der Waals surface area contributed by atoms with Crippen LogP contribution in [0, 0.1) is 5.41 Å². The van der Waals surface area contributed by atoms with Crippen molar-refractivity contribution in [1.29, 1.82) is 0 Å². The summed E-state index contributed by atoms with van der Waals surface area (Å²) in [5.41, 5.74) is 0.271. The monoisotopic (exact) mass is 292 g/mol. The number of nitrogens with one attached hydrogen (secondary N) is 1. The van der Waals surface area contributed by atoms with E-state index in [4.69, 9.17) is 28.3 Å². The first kappa shape index (κ1) is 15.3. The van der Waals surface area contributed by atoms with Crippen molar-refractivity contribution in [2.75, 3.05) is 13.2 Å². The maximum atomic E-state index is 12.0. The first-order chi connectivity index (χ1) is 8.28. The molecule has 1 aromatic rings. The fourth-order valence-corrected chi connectivity index (χ4v) is 1.94. The van der Waals surface area contributed by atoms with Crippen LogP contribution >= 0.6 is 23.2 Å². The number of carbonyl (C=O) groups excluding carboxylic acids is 1. The second-order valence-corrected chi connectivity index (χ2v) is 5.81. The molecule has 0 aromatic carbocycles. The molecule has 0 unspecified atom stereocenters. The summed E-state index contributed by atoms with van der Waals surface area (Å²) in [6.45, 7) is 4.54. The number of aliphatic hydroxyl groups excluding tert-OH is 1. The summed E-state index contributed by atoms with van der Waals surface area (Å²) in [7, 11) is 1.68. The molecule has 4 nitrogen and oxygen atoms in total. The van der Waals surface area contributed by atoms with E-state index in [0.29, 0.717) is 28.8 Å². The molecule has 0 saturated heterocycles. The van der Waals surface area contributed by atoms with Crippen LogP contribution in [0.25, 0.3) is 0 Å². The normalized spacial score (nSPS) is 11.7. The van der Waals surface area contributed by atoms with Crippen LogP contribution in [0.3, 0.4) is 0 Å². The van der Waals surface area contributed by atoms with Crippen LogP contribution in [-0.4, -0.2) is 28.7 Å². The SMILES string of the molecule is Cn1c(C(=O)NCC(C)(C)CCO)cc(Cl)c1Cl. The number of nitrogens with zero attached hydrogens (tertiary/aromatic N) is 1. The lowest BCUT2D eigenvalue weighted by Gasteiger charge is -2.23. The molecule has 6 heteroatoms. The smallest absolute Gasteiger partial charge is 0.268 e. The van der Waals surface area contributed by atoms with E-state index in [1.807, 2.05) is 13.8 Å². The Morgan fingerprint density at radius 1 is 1.50 bits per heavy atom. The number of aliphatic hydroxyl groups is 1. The molecule has 1 rings (SSSR count). The number of rotatable bonds is 5. The maximum Gasteiger partial charge on any atom is 0.268 e. The van der Waals surface area contributed by atoms with Crippen LogP contribution in [0.1, 0.15) is 30.8 Å². The van der Waals surface area contributed by atoms with Crippen molar-refractivity contribution >= 4 is 29.1 Å². The third-order valence-electron chi connectivity index (χ3n) is 2.87. The maximum absolute atomic E-state index is 12.0. The van der Waals surface area contributed by atoms with Crippen molar-refractivity contribution in [2.45, 2.75) is 20.3 Å². The van der Waals surface area contributed by atoms with Crippen molar-refractivity contribution in [3.05, 3.63) is 21.9 Å². The highest BCUT2D eigenvalue weighted by molar-refractivity contribution is 6.41. The van der Waals surface area contributed by atoms with Gasteiger partial charge in [0.1, 0.15) is 10.8 Å². The summed E-state index contributed by atoms with van der Waals surface area (Å²) in [5, 5.41) is 12.4. The molecule has 0 aliphatic heterocycles. The second-order valence-electron chi connectivity index (χ2n) is 5.05. The van der Waals surface area contributed by atoms with Gasteiger partial charge in [0.15, 0.2) is 0 Å². The molecule has 1 heterocycles. The van der Waals surface area contributed by atoms with Crippen LogP contribution in [0.5, 0.6) is 0 Å². The molecule has 0 saturated carbocycles. The van der Waals surface area contributed by atoms with Gasteiger partial charge in [-0.3, -0.25) is 4.79 Å². The van der Waals surface area contributed by atoms with Crippen molar-refractivity contribution in [3.8, 4) is 0 Å². The quantitative estimate of drug-likeness (QED) is 0.876. The fraction of sp³-hybridized carbons (Fsp3) is 0.583. The third kappa shape index (κ3) is 3.64. The minimum atomic E-state index is -0.225. The van der Waals surface area contributed by atoms with E-state index in [-0.39, 0.29) is 17.9 Å². The predicted octanol–water partition coefficient (Wildman–Crippen LogP) is 2.47. The van der Waals surface area contributed by atoms with Gasteiger partial charge in [-0.05, 0) is 17.9 Å². The Bertz CT molecular complexity index is 442. The third-order valence-corrected chi connectivity index (χ3v) is 3.71. The number of hydrogen-bond acceptors (Lipinski definition) is 2. The van der Waals surface area contributed by atoms with Crippen LogP contribution < -0.4 is 5.32 Å². The van der Waals surface area contributed by atoms with E-state index in [9.17, 15) is 4.79 Å². The highest BCUT2D eigenvalue weighted by Crippen LogP contribution is 2.25. The van der Waals surface area contributed by atoms with Gasteiger partial charge in [-0.2, -0.15) is 0 Å². The van der Waals surface area contributed by atoms with Crippen LogP contribution in [0.2, 0.25) is 10.2 Å². The Hall–Kier alpha value is -0.710. The van der Waals surface area contributed by atoms with Crippen molar-refractivity contribution in [1.82, 2.24) is 9.88 Å². The van der Waals surface area contributed by atoms with E-state index in [0.717, 1.165) is 0 Å². The molecule has 0 aliphatic carbocycles. The molecule has 0 spiro atoms. The van der Waals surface area contributed by atoms with E-state index in [1.54, 1.807) is 7.05 Å². The van der Waals surface area contributed by atoms with Crippen molar-refractivity contribution < 1.29 is 9.90 Å². The summed E-state index contributed by atoms with van der Waals surface area (Å²) in [6.07, 6.45) is 0.627. The van der Waals surface area contributed by atoms with Gasteiger partial charge >= 0.3 is 0 Å². The molecule has 2 N–H and O–H groups in total. The number of amides is 1. The first-order valence-electron chi connectivity index (χ1n) is 5.68. The van der Waals surface area contributed by atoms with Crippen LogP contribution in [-0.2, 0) is 7.05 Å². The Balaban J connectivity index is 2.69. The molecule has 1 amide bonds. The molecule has 0 aliphatic rings.